The Morgan fingerprint density at radius 2 is 1.87 bits per heavy atom. The van der Waals surface area contributed by atoms with E-state index in [0.29, 0.717) is 17.5 Å². The number of carbonyl (C=O) groups is 1. The second kappa shape index (κ2) is 9.17. The summed E-state index contributed by atoms with van der Waals surface area (Å²) in [6.45, 7) is 2.28. The van der Waals surface area contributed by atoms with E-state index in [2.05, 4.69) is 12.1 Å². The third-order valence-corrected chi connectivity index (χ3v) is 8.44. The van der Waals surface area contributed by atoms with Crippen molar-refractivity contribution in [1.82, 2.24) is 14.5 Å². The van der Waals surface area contributed by atoms with Gasteiger partial charge >= 0.3 is 0 Å². The standard InChI is InChI=1S/C24H27N3O2S2/c28-20(26-13-5-2-6-14-26)16-30-24-25-22-21(18-10-7-11-19(18)31-22)23(29)27(24)15-12-17-8-3-1-4-9-17/h1,3-4,8-9H,2,5-7,10-16H2. The van der Waals surface area contributed by atoms with Crippen molar-refractivity contribution < 1.29 is 4.79 Å². The molecule has 31 heavy (non-hydrogen) atoms. The van der Waals surface area contributed by atoms with Crippen LogP contribution in [0.1, 0.15) is 41.7 Å². The van der Waals surface area contributed by atoms with Gasteiger partial charge in [0.1, 0.15) is 4.83 Å². The monoisotopic (exact) mass is 453 g/mol. The number of amides is 1. The molecule has 0 radical (unpaired) electrons. The summed E-state index contributed by atoms with van der Waals surface area (Å²) in [5.74, 6) is 0.497. The predicted octanol–water partition coefficient (Wildman–Crippen LogP) is 4.29. The molecule has 2 aliphatic rings. The van der Waals surface area contributed by atoms with Crippen molar-refractivity contribution in [3.8, 4) is 0 Å². The van der Waals surface area contributed by atoms with Crippen molar-refractivity contribution >= 4 is 39.2 Å². The molecule has 5 rings (SSSR count). The molecule has 3 heterocycles. The van der Waals surface area contributed by atoms with Gasteiger partial charge in [0.2, 0.25) is 5.91 Å². The van der Waals surface area contributed by atoms with Crippen molar-refractivity contribution in [1.29, 1.82) is 0 Å². The zero-order chi connectivity index (χ0) is 21.2. The van der Waals surface area contributed by atoms with E-state index in [1.54, 1.807) is 11.3 Å². The van der Waals surface area contributed by atoms with Crippen LogP contribution >= 0.6 is 23.1 Å². The van der Waals surface area contributed by atoms with E-state index in [1.165, 1.54) is 34.2 Å². The Morgan fingerprint density at radius 1 is 1.06 bits per heavy atom. The summed E-state index contributed by atoms with van der Waals surface area (Å²) in [6.07, 6.45) is 7.30. The molecule has 1 amide bonds. The maximum absolute atomic E-state index is 13.6. The highest BCUT2D eigenvalue weighted by Gasteiger charge is 2.24. The minimum atomic E-state index is 0.0632. The number of carbonyl (C=O) groups excluding carboxylic acids is 1. The summed E-state index contributed by atoms with van der Waals surface area (Å²) >= 11 is 3.09. The summed E-state index contributed by atoms with van der Waals surface area (Å²) in [4.78, 5) is 35.3. The van der Waals surface area contributed by atoms with Gasteiger partial charge in [-0.2, -0.15) is 0 Å². The van der Waals surface area contributed by atoms with Crippen LogP contribution in [0.3, 0.4) is 0 Å². The summed E-state index contributed by atoms with van der Waals surface area (Å²) in [7, 11) is 0. The molecule has 1 aliphatic heterocycles. The smallest absolute Gasteiger partial charge is 0.263 e. The average molecular weight is 454 g/mol. The minimum Gasteiger partial charge on any atom is -0.342 e. The number of fused-ring (bicyclic) bond motifs is 3. The third kappa shape index (κ3) is 4.30. The molecule has 1 aliphatic carbocycles. The quantitative estimate of drug-likeness (QED) is 0.413. The molecular weight excluding hydrogens is 426 g/mol. The number of thiophene rings is 1. The zero-order valence-corrected chi connectivity index (χ0v) is 19.3. The molecule has 0 saturated carbocycles. The SMILES string of the molecule is O=C(CSc1nc2sc3c(c2c(=O)n1CCc1ccccc1)CCC3)N1CCCCC1. The molecular formula is C24H27N3O2S2. The first-order valence-corrected chi connectivity index (χ1v) is 13.0. The lowest BCUT2D eigenvalue weighted by molar-refractivity contribution is -0.129. The Labute approximate surface area is 190 Å². The second-order valence-electron chi connectivity index (χ2n) is 8.35. The molecule has 1 fully saturated rings. The first-order valence-electron chi connectivity index (χ1n) is 11.2. The fourth-order valence-corrected chi connectivity index (χ4v) is 6.84. The molecule has 0 atom stereocenters. The van der Waals surface area contributed by atoms with Crippen LogP contribution in [0.25, 0.3) is 10.2 Å². The minimum absolute atomic E-state index is 0.0632. The molecule has 0 unspecified atom stereocenters. The van der Waals surface area contributed by atoms with E-state index >= 15 is 0 Å². The van der Waals surface area contributed by atoms with Crippen LogP contribution in [-0.2, 0) is 30.6 Å². The van der Waals surface area contributed by atoms with Gasteiger partial charge in [-0.1, -0.05) is 42.1 Å². The molecule has 0 spiro atoms. The Bertz CT molecular complexity index is 1150. The van der Waals surface area contributed by atoms with Crippen molar-refractivity contribution in [2.24, 2.45) is 0 Å². The van der Waals surface area contributed by atoms with Gasteiger partial charge in [0, 0.05) is 24.5 Å². The zero-order valence-electron chi connectivity index (χ0n) is 17.6. The van der Waals surface area contributed by atoms with Crippen LogP contribution in [-0.4, -0.2) is 39.2 Å². The van der Waals surface area contributed by atoms with Gasteiger partial charge in [-0.05, 0) is 56.1 Å². The molecule has 0 bridgehead atoms. The second-order valence-corrected chi connectivity index (χ2v) is 10.4. The summed E-state index contributed by atoms with van der Waals surface area (Å²) in [6, 6.07) is 10.2. The molecule has 0 N–H and O–H groups in total. The Balaban J connectivity index is 1.44. The van der Waals surface area contributed by atoms with Crippen molar-refractivity contribution in [3.63, 3.8) is 0 Å². The van der Waals surface area contributed by atoms with Crippen molar-refractivity contribution in [2.75, 3.05) is 18.8 Å². The van der Waals surface area contributed by atoms with Crippen LogP contribution in [0, 0.1) is 0 Å². The number of likely N-dealkylation sites (tertiary alicyclic amines) is 1. The fourth-order valence-electron chi connectivity index (χ4n) is 4.61. The van der Waals surface area contributed by atoms with Crippen LogP contribution in [0.4, 0.5) is 0 Å². The van der Waals surface area contributed by atoms with E-state index < -0.39 is 0 Å². The summed E-state index contributed by atoms with van der Waals surface area (Å²) in [5, 5.41) is 1.50. The van der Waals surface area contributed by atoms with Crippen molar-refractivity contribution in [3.05, 3.63) is 56.7 Å². The van der Waals surface area contributed by atoms with Gasteiger partial charge in [-0.15, -0.1) is 11.3 Å². The van der Waals surface area contributed by atoms with Gasteiger partial charge in [0.15, 0.2) is 5.16 Å². The van der Waals surface area contributed by atoms with Gasteiger partial charge in [-0.25, -0.2) is 4.98 Å². The summed E-state index contributed by atoms with van der Waals surface area (Å²) in [5.41, 5.74) is 2.48. The number of aryl methyl sites for hydroxylation is 3. The molecule has 1 saturated heterocycles. The first-order chi connectivity index (χ1) is 15.2. The largest absolute Gasteiger partial charge is 0.342 e. The van der Waals surface area contributed by atoms with Gasteiger partial charge in [0.25, 0.3) is 5.56 Å². The van der Waals surface area contributed by atoms with Gasteiger partial charge in [-0.3, -0.25) is 14.2 Å². The lowest BCUT2D eigenvalue weighted by Crippen LogP contribution is -2.37. The Kier molecular flexibility index (Phi) is 6.14. The molecule has 2 aromatic heterocycles. The predicted molar refractivity (Wildman–Crippen MR) is 127 cm³/mol. The number of thioether (sulfide) groups is 1. The maximum atomic E-state index is 13.6. The maximum Gasteiger partial charge on any atom is 0.263 e. The lowest BCUT2D eigenvalue weighted by atomic mass is 10.1. The Hall–Kier alpha value is -2.12. The van der Waals surface area contributed by atoms with E-state index in [9.17, 15) is 9.59 Å². The number of aromatic nitrogens is 2. The molecule has 3 aromatic rings. The third-order valence-electron chi connectivity index (χ3n) is 6.29. The Morgan fingerprint density at radius 3 is 2.68 bits per heavy atom. The average Bonchev–Trinajstić information content (AvgIpc) is 3.39. The highest BCUT2D eigenvalue weighted by molar-refractivity contribution is 7.99. The van der Waals surface area contributed by atoms with Crippen LogP contribution in [0.2, 0.25) is 0 Å². The van der Waals surface area contributed by atoms with E-state index in [-0.39, 0.29) is 11.5 Å². The fraction of sp³-hybridized carbons (Fsp3) is 0.458. The molecule has 1 aromatic carbocycles. The highest BCUT2D eigenvalue weighted by Crippen LogP contribution is 2.35. The van der Waals surface area contributed by atoms with E-state index in [4.69, 9.17) is 4.98 Å². The number of hydrogen-bond donors (Lipinski definition) is 0. The number of benzene rings is 1. The number of nitrogens with zero attached hydrogens (tertiary/aromatic N) is 3. The number of hydrogen-bond acceptors (Lipinski definition) is 5. The van der Waals surface area contributed by atoms with Crippen LogP contribution in [0.15, 0.2) is 40.3 Å². The van der Waals surface area contributed by atoms with Gasteiger partial charge < -0.3 is 4.90 Å². The molecule has 7 heteroatoms. The molecule has 5 nitrogen and oxygen atoms in total. The number of piperidine rings is 1. The highest BCUT2D eigenvalue weighted by atomic mass is 32.2. The van der Waals surface area contributed by atoms with Gasteiger partial charge in [0.05, 0.1) is 11.1 Å². The van der Waals surface area contributed by atoms with Crippen molar-refractivity contribution in [2.45, 2.75) is 56.6 Å². The lowest BCUT2D eigenvalue weighted by Gasteiger charge is -2.26. The topological polar surface area (TPSA) is 55.2 Å². The summed E-state index contributed by atoms with van der Waals surface area (Å²) < 4.78 is 1.81. The van der Waals surface area contributed by atoms with E-state index in [1.807, 2.05) is 27.7 Å². The normalized spacial score (nSPS) is 16.1. The van der Waals surface area contributed by atoms with Crippen LogP contribution < -0.4 is 5.56 Å². The van der Waals surface area contributed by atoms with E-state index in [0.717, 1.165) is 61.8 Å². The first kappa shape index (κ1) is 20.8. The number of rotatable bonds is 6. The molecule has 162 valence electrons. The van der Waals surface area contributed by atoms with Crippen LogP contribution in [0.5, 0.6) is 0 Å².